The van der Waals surface area contributed by atoms with Gasteiger partial charge in [0, 0.05) is 39.7 Å². The maximum absolute atomic E-state index is 12.3. The second kappa shape index (κ2) is 10.7. The molecule has 0 aliphatic heterocycles. The van der Waals surface area contributed by atoms with E-state index in [1.807, 2.05) is 66.0 Å². The lowest BCUT2D eigenvalue weighted by Gasteiger charge is -2.21. The van der Waals surface area contributed by atoms with Crippen LogP contribution >= 0.6 is 11.3 Å². The summed E-state index contributed by atoms with van der Waals surface area (Å²) >= 11 is -0.581. The molecule has 0 aliphatic carbocycles. The van der Waals surface area contributed by atoms with Gasteiger partial charge in [0.15, 0.2) is 0 Å². The summed E-state index contributed by atoms with van der Waals surface area (Å²) in [5.74, 6) is 0.389. The van der Waals surface area contributed by atoms with E-state index >= 15 is 0 Å². The van der Waals surface area contributed by atoms with E-state index in [4.69, 9.17) is 17.2 Å². The molecule has 0 aliphatic rings. The predicted octanol–water partition coefficient (Wildman–Crippen LogP) is 5.27. The fourth-order valence-electron chi connectivity index (χ4n) is 4.42. The zero-order valence-electron chi connectivity index (χ0n) is 20.2. The van der Waals surface area contributed by atoms with Crippen LogP contribution in [-0.2, 0) is 23.4 Å². The molecule has 0 fully saturated rings. The van der Waals surface area contributed by atoms with E-state index < -0.39 is 17.1 Å². The van der Waals surface area contributed by atoms with Gasteiger partial charge in [0.1, 0.15) is 5.82 Å². The molecule has 0 saturated carbocycles. The van der Waals surface area contributed by atoms with Gasteiger partial charge in [0.05, 0.1) is 11.4 Å². The number of rotatable bonds is 7. The second-order valence-electron chi connectivity index (χ2n) is 8.65. The van der Waals surface area contributed by atoms with Crippen LogP contribution in [0.3, 0.4) is 0 Å². The van der Waals surface area contributed by atoms with Crippen molar-refractivity contribution in [1.82, 2.24) is 4.98 Å². The summed E-state index contributed by atoms with van der Waals surface area (Å²) in [6, 6.07) is 21.7. The summed E-state index contributed by atoms with van der Waals surface area (Å²) in [4.78, 5) is 18.2. The molecule has 0 spiro atoms. The Morgan fingerprint density at radius 2 is 1.63 bits per heavy atom. The van der Waals surface area contributed by atoms with Crippen LogP contribution in [-0.4, -0.2) is 19.8 Å². The lowest BCUT2D eigenvalue weighted by atomic mass is 10.0. The van der Waals surface area contributed by atoms with Crippen LogP contribution < -0.4 is 22.1 Å². The predicted molar refractivity (Wildman–Crippen MR) is 154 cm³/mol. The Morgan fingerprint density at radius 1 is 0.947 bits per heavy atom. The number of urea groups is 1. The van der Waals surface area contributed by atoms with Gasteiger partial charge >= 0.3 is 6.03 Å². The first-order chi connectivity index (χ1) is 18.4. The molecule has 2 amide bonds. The minimum atomic E-state index is -2.14. The molecular weight excluding hydrogens is 518 g/mol. The number of nitrogen functional groups attached to an aromatic ring is 1. The Morgan fingerprint density at radius 3 is 2.29 bits per heavy atom. The molecule has 192 valence electrons. The van der Waals surface area contributed by atoms with Gasteiger partial charge in [-0.25, -0.2) is 9.78 Å². The molecule has 1 unspecified atom stereocenters. The zero-order chi connectivity index (χ0) is 26.8. The van der Waals surface area contributed by atoms with Crippen molar-refractivity contribution in [2.75, 3.05) is 10.6 Å². The highest BCUT2D eigenvalue weighted by atomic mass is 32.2. The van der Waals surface area contributed by atoms with Crippen molar-refractivity contribution in [2.45, 2.75) is 12.3 Å². The number of hydrogen-bond acceptors (Lipinski definition) is 7. The Hall–Kier alpha value is -4.09. The normalized spacial score (nSPS) is 11.9. The number of carbonyl (C=O) groups excluding carboxylic acids is 1. The topological polar surface area (TPSA) is 151 Å². The highest BCUT2D eigenvalue weighted by Crippen LogP contribution is 2.42. The number of aromatic nitrogens is 1. The van der Waals surface area contributed by atoms with E-state index in [0.717, 1.165) is 37.9 Å². The number of anilines is 3. The third-order valence-electron chi connectivity index (χ3n) is 6.24. The number of fused-ring (bicyclic) bond motifs is 1. The molecule has 0 radical (unpaired) electrons. The lowest BCUT2D eigenvalue weighted by Crippen LogP contribution is -2.31. The number of benzene rings is 3. The molecule has 38 heavy (non-hydrogen) atoms. The fraction of sp³-hybridized carbons (Fsp3) is 0.0714. The smallest absolute Gasteiger partial charge is 0.323 e. The summed E-state index contributed by atoms with van der Waals surface area (Å²) < 4.78 is 23.0. The van der Waals surface area contributed by atoms with Crippen LogP contribution in [0.25, 0.3) is 32.3 Å². The Bertz CT molecular complexity index is 1650. The first kappa shape index (κ1) is 25.6. The second-order valence-corrected chi connectivity index (χ2v) is 10.4. The molecule has 1 atom stereocenters. The average Bonchev–Trinajstić information content (AvgIpc) is 3.36. The Balaban J connectivity index is 1.51. The molecule has 5 rings (SSSR count). The molecule has 5 aromatic rings. The number of carbonyl (C=O) groups is 1. The molecule has 2 aromatic heterocycles. The van der Waals surface area contributed by atoms with Crippen LogP contribution in [0.1, 0.15) is 11.1 Å². The molecule has 2 heterocycles. The molecule has 6 N–H and O–H groups in total. The summed E-state index contributed by atoms with van der Waals surface area (Å²) in [7, 11) is 0. The van der Waals surface area contributed by atoms with Crippen molar-refractivity contribution in [3.8, 4) is 22.3 Å². The summed E-state index contributed by atoms with van der Waals surface area (Å²) in [5.41, 5.74) is 24.4. The van der Waals surface area contributed by atoms with Crippen molar-refractivity contribution < 1.29 is 13.6 Å². The molecule has 0 bridgehead atoms. The first-order valence-electron chi connectivity index (χ1n) is 11.7. The van der Waals surface area contributed by atoms with Gasteiger partial charge in [0.25, 0.3) is 0 Å². The van der Waals surface area contributed by atoms with E-state index in [1.165, 1.54) is 4.90 Å². The van der Waals surface area contributed by atoms with E-state index in [2.05, 4.69) is 4.98 Å². The van der Waals surface area contributed by atoms with Crippen molar-refractivity contribution in [1.29, 1.82) is 0 Å². The van der Waals surface area contributed by atoms with Crippen molar-refractivity contribution in [3.05, 3.63) is 95.5 Å². The monoisotopic (exact) mass is 542 g/mol. The van der Waals surface area contributed by atoms with Gasteiger partial charge < -0.3 is 21.8 Å². The standard InChI is InChI=1S/C28H25N5O3S2/c29-13-18-2-1-3-22(12-18)33(28(31)34)21-10-8-20(9-11-21)24-15-37-26-23(14-32-27(30)25(24)26)19-6-4-17(5-7-19)16-38(35)36/h1-12,14-15H,13,16,29H2,(H2,30,32)(H2,31,34)(H,35,36)/p-1. The Labute approximate surface area is 226 Å². The van der Waals surface area contributed by atoms with Gasteiger partial charge in [-0.1, -0.05) is 59.6 Å². The van der Waals surface area contributed by atoms with E-state index in [-0.39, 0.29) is 5.75 Å². The van der Waals surface area contributed by atoms with Crippen LogP contribution in [0, 0.1) is 0 Å². The van der Waals surface area contributed by atoms with Gasteiger partial charge in [-0.2, -0.15) is 0 Å². The molecule has 8 nitrogen and oxygen atoms in total. The van der Waals surface area contributed by atoms with Crippen LogP contribution in [0.5, 0.6) is 0 Å². The van der Waals surface area contributed by atoms with Crippen LogP contribution in [0.2, 0.25) is 0 Å². The number of amides is 2. The minimum absolute atomic E-state index is 0.0273. The van der Waals surface area contributed by atoms with Crippen LogP contribution in [0.15, 0.2) is 84.4 Å². The summed E-state index contributed by atoms with van der Waals surface area (Å²) in [5, 5.41) is 2.87. The summed E-state index contributed by atoms with van der Waals surface area (Å²) in [6.07, 6.45) is 1.74. The SMILES string of the molecule is NCc1cccc(N(C(N)=O)c2ccc(-c3csc4c(-c5ccc(CS(=O)[O-])cc5)cnc(N)c34)cc2)c1. The average molecular weight is 543 g/mol. The van der Waals surface area contributed by atoms with Gasteiger partial charge in [-0.05, 0) is 51.9 Å². The molecule has 0 saturated heterocycles. The van der Waals surface area contributed by atoms with Crippen molar-refractivity contribution in [2.24, 2.45) is 11.5 Å². The minimum Gasteiger partial charge on any atom is -0.772 e. The van der Waals surface area contributed by atoms with E-state index in [1.54, 1.807) is 29.7 Å². The van der Waals surface area contributed by atoms with Gasteiger partial charge in [0.2, 0.25) is 0 Å². The first-order valence-corrected chi connectivity index (χ1v) is 13.8. The van der Waals surface area contributed by atoms with Crippen molar-refractivity contribution >= 4 is 55.7 Å². The number of thiophene rings is 1. The number of primary amides is 1. The van der Waals surface area contributed by atoms with E-state index in [0.29, 0.717) is 29.3 Å². The molecular formula is C28H24N5O3S2-. The number of pyridine rings is 1. The number of nitrogens with zero attached hydrogens (tertiary/aromatic N) is 2. The number of hydrogen-bond donors (Lipinski definition) is 3. The molecule has 3 aromatic carbocycles. The van der Waals surface area contributed by atoms with Gasteiger partial charge in [-0.15, -0.1) is 11.3 Å². The maximum atomic E-state index is 12.3. The lowest BCUT2D eigenvalue weighted by molar-refractivity contribution is 0.256. The number of nitrogens with two attached hydrogens (primary N) is 3. The molecule has 10 heteroatoms. The van der Waals surface area contributed by atoms with E-state index in [9.17, 15) is 13.6 Å². The maximum Gasteiger partial charge on any atom is 0.323 e. The van der Waals surface area contributed by atoms with Crippen LogP contribution in [0.4, 0.5) is 22.0 Å². The van der Waals surface area contributed by atoms with Crippen molar-refractivity contribution in [3.63, 3.8) is 0 Å². The highest BCUT2D eigenvalue weighted by molar-refractivity contribution is 7.78. The quantitative estimate of drug-likeness (QED) is 0.238. The third kappa shape index (κ3) is 5.02. The third-order valence-corrected chi connectivity index (χ3v) is 7.82. The summed E-state index contributed by atoms with van der Waals surface area (Å²) in [6.45, 7) is 0.354. The fourth-order valence-corrected chi connectivity index (χ4v) is 6.00. The largest absolute Gasteiger partial charge is 0.772 e. The highest BCUT2D eigenvalue weighted by Gasteiger charge is 2.18. The Kier molecular flexibility index (Phi) is 7.21. The van der Waals surface area contributed by atoms with Gasteiger partial charge in [-0.3, -0.25) is 9.11 Å². The zero-order valence-corrected chi connectivity index (χ0v) is 21.8.